The quantitative estimate of drug-likeness (QED) is 0.279. The first-order valence-corrected chi connectivity index (χ1v) is 12.2. The number of fused-ring (bicyclic) bond motifs is 1. The van der Waals surface area contributed by atoms with E-state index in [2.05, 4.69) is 9.17 Å². The molecule has 2 rings (SSSR count). The van der Waals surface area contributed by atoms with E-state index in [1.165, 1.54) is 19.9 Å². The molecule has 0 radical (unpaired) electrons. The molecular formula is C20H24F3NO8S2. The van der Waals surface area contributed by atoms with Crippen molar-refractivity contribution in [1.29, 1.82) is 0 Å². The molecule has 0 aliphatic carbocycles. The van der Waals surface area contributed by atoms with Gasteiger partial charge in [-0.15, -0.1) is 11.3 Å². The smallest absolute Gasteiger partial charge is 0.464 e. The molecule has 0 N–H and O–H groups in total. The fourth-order valence-electron chi connectivity index (χ4n) is 2.82. The molecule has 190 valence electrons. The molecule has 9 nitrogen and oxygen atoms in total. The Balaban J connectivity index is 2.90. The first-order valence-electron chi connectivity index (χ1n) is 9.98. The summed E-state index contributed by atoms with van der Waals surface area (Å²) < 4.78 is 83.6. The lowest BCUT2D eigenvalue weighted by atomic mass is 10.0. The van der Waals surface area contributed by atoms with E-state index in [-0.39, 0.29) is 39.6 Å². The van der Waals surface area contributed by atoms with Crippen molar-refractivity contribution in [3.8, 4) is 5.75 Å². The summed E-state index contributed by atoms with van der Waals surface area (Å²) in [5, 5.41) is -0.243. The van der Waals surface area contributed by atoms with Crippen LogP contribution < -0.4 is 4.18 Å². The summed E-state index contributed by atoms with van der Waals surface area (Å²) in [5.74, 6) is -2.66. The van der Waals surface area contributed by atoms with E-state index in [0.717, 1.165) is 0 Å². The van der Waals surface area contributed by atoms with Gasteiger partial charge in [0, 0.05) is 5.56 Å². The van der Waals surface area contributed by atoms with Crippen molar-refractivity contribution in [3.63, 3.8) is 0 Å². The van der Waals surface area contributed by atoms with Gasteiger partial charge in [0.05, 0.1) is 29.0 Å². The Morgan fingerprint density at radius 2 is 1.71 bits per heavy atom. The highest BCUT2D eigenvalue weighted by molar-refractivity contribution is 7.88. The van der Waals surface area contributed by atoms with Gasteiger partial charge in [0.1, 0.15) is 0 Å². The maximum atomic E-state index is 13.2. The Labute approximate surface area is 198 Å². The summed E-state index contributed by atoms with van der Waals surface area (Å²) in [6.45, 7) is 9.17. The largest absolute Gasteiger partial charge is 0.534 e. The van der Waals surface area contributed by atoms with E-state index in [1.54, 1.807) is 27.7 Å². The molecule has 0 saturated heterocycles. The summed E-state index contributed by atoms with van der Waals surface area (Å²) >= 11 is 0.556. The zero-order chi connectivity index (χ0) is 26.1. The molecule has 1 atom stereocenters. The molecule has 1 heterocycles. The van der Waals surface area contributed by atoms with E-state index in [4.69, 9.17) is 14.2 Å². The zero-order valence-electron chi connectivity index (χ0n) is 19.2. The average molecular weight is 528 g/mol. The number of halogens is 3. The maximum absolute atomic E-state index is 13.2. The fourth-order valence-corrected chi connectivity index (χ4v) is 4.29. The predicted octanol–water partition coefficient (Wildman–Crippen LogP) is 4.43. The fraction of sp³-hybridized carbons (Fsp3) is 0.550. The summed E-state index contributed by atoms with van der Waals surface area (Å²) in [7, 11) is -6.16. The molecular weight excluding hydrogens is 503 g/mol. The number of alkyl halides is 3. The standard InChI is InChI=1S/C20H24F3NO8S2/c1-7-29-17(25)14(31-19(4,5)6)12-10(3)9-11-15(33-16(24-11)18(26)30-8-2)13(12)32-34(27,28)20(21,22)23/h9,14H,7-8H2,1-6H3/t14-/m0/s1. The highest BCUT2D eigenvalue weighted by Gasteiger charge is 2.50. The summed E-state index contributed by atoms with van der Waals surface area (Å²) in [6, 6.07) is 1.37. The van der Waals surface area contributed by atoms with Gasteiger partial charge in [-0.1, -0.05) is 0 Å². The summed E-state index contributed by atoms with van der Waals surface area (Å²) in [4.78, 5) is 28.9. The van der Waals surface area contributed by atoms with Gasteiger partial charge in [-0.25, -0.2) is 14.6 Å². The SMILES string of the molecule is CCOC(=O)c1nc2cc(C)c([C@H](OC(C)(C)C)C(=O)OCC)c(OS(=O)(=O)C(F)(F)F)c2s1. The van der Waals surface area contributed by atoms with Crippen LogP contribution in [0.3, 0.4) is 0 Å². The number of aromatic nitrogens is 1. The van der Waals surface area contributed by atoms with Crippen LogP contribution in [-0.4, -0.2) is 49.7 Å². The third kappa shape index (κ3) is 6.16. The number of hydrogen-bond donors (Lipinski definition) is 0. The Bertz CT molecular complexity index is 1180. The number of benzene rings is 1. The number of nitrogens with zero attached hydrogens (tertiary/aromatic N) is 1. The number of carbonyl (C=O) groups is 2. The molecule has 0 unspecified atom stereocenters. The number of thiazole rings is 1. The van der Waals surface area contributed by atoms with E-state index in [9.17, 15) is 31.2 Å². The molecule has 0 amide bonds. The number of carbonyl (C=O) groups excluding carboxylic acids is 2. The van der Waals surface area contributed by atoms with Crippen LogP contribution in [0.5, 0.6) is 5.75 Å². The van der Waals surface area contributed by atoms with Gasteiger partial charge in [0.15, 0.2) is 11.9 Å². The zero-order valence-corrected chi connectivity index (χ0v) is 20.9. The molecule has 0 fully saturated rings. The normalized spacial score (nSPS) is 13.6. The number of hydrogen-bond acceptors (Lipinski definition) is 10. The summed E-state index contributed by atoms with van der Waals surface area (Å²) in [5.41, 5.74) is -6.96. The topological polar surface area (TPSA) is 118 Å². The van der Waals surface area contributed by atoms with Crippen molar-refractivity contribution in [1.82, 2.24) is 4.98 Å². The minimum absolute atomic E-state index is 0.00913. The minimum Gasteiger partial charge on any atom is -0.464 e. The van der Waals surface area contributed by atoms with Crippen LogP contribution in [0.1, 0.15) is 61.7 Å². The average Bonchev–Trinajstić information content (AvgIpc) is 3.09. The van der Waals surface area contributed by atoms with Crippen molar-refractivity contribution in [2.45, 2.75) is 58.8 Å². The van der Waals surface area contributed by atoms with E-state index >= 15 is 0 Å². The monoisotopic (exact) mass is 527 g/mol. The first kappa shape index (κ1) is 27.8. The second-order valence-corrected chi connectivity index (χ2v) is 10.4. The highest BCUT2D eigenvalue weighted by Crippen LogP contribution is 2.44. The van der Waals surface area contributed by atoms with Crippen molar-refractivity contribution < 1.29 is 49.6 Å². The highest BCUT2D eigenvalue weighted by atomic mass is 32.2. The molecule has 1 aromatic heterocycles. The lowest BCUT2D eigenvalue weighted by Crippen LogP contribution is -2.31. The minimum atomic E-state index is -6.16. The third-order valence-electron chi connectivity index (χ3n) is 4.04. The molecule has 1 aromatic carbocycles. The van der Waals surface area contributed by atoms with Crippen molar-refractivity contribution >= 4 is 43.6 Å². The van der Waals surface area contributed by atoms with Crippen LogP contribution in [0.15, 0.2) is 6.07 Å². The lowest BCUT2D eigenvalue weighted by molar-refractivity contribution is -0.167. The molecule has 14 heteroatoms. The Kier molecular flexibility index (Phi) is 8.21. The second kappa shape index (κ2) is 10.0. The predicted molar refractivity (Wildman–Crippen MR) is 116 cm³/mol. The van der Waals surface area contributed by atoms with Crippen LogP contribution >= 0.6 is 11.3 Å². The van der Waals surface area contributed by atoms with Crippen LogP contribution in [0.4, 0.5) is 13.2 Å². The Morgan fingerprint density at radius 1 is 1.12 bits per heavy atom. The van der Waals surface area contributed by atoms with Crippen molar-refractivity contribution in [3.05, 3.63) is 22.2 Å². The van der Waals surface area contributed by atoms with E-state index < -0.39 is 45.0 Å². The molecule has 0 aliphatic heterocycles. The maximum Gasteiger partial charge on any atom is 0.534 e. The number of aryl methyl sites for hydroxylation is 1. The van der Waals surface area contributed by atoms with Gasteiger partial charge in [-0.2, -0.15) is 21.6 Å². The van der Waals surface area contributed by atoms with Gasteiger partial charge < -0.3 is 18.4 Å². The second-order valence-electron chi connectivity index (χ2n) is 7.87. The number of ether oxygens (including phenoxy) is 3. The van der Waals surface area contributed by atoms with E-state index in [0.29, 0.717) is 11.3 Å². The van der Waals surface area contributed by atoms with Crippen molar-refractivity contribution in [2.24, 2.45) is 0 Å². The molecule has 34 heavy (non-hydrogen) atoms. The molecule has 0 saturated carbocycles. The van der Waals surface area contributed by atoms with E-state index in [1.807, 2.05) is 0 Å². The summed E-state index contributed by atoms with van der Waals surface area (Å²) in [6.07, 6.45) is -1.64. The van der Waals surface area contributed by atoms with Crippen LogP contribution in [-0.2, 0) is 29.1 Å². The van der Waals surface area contributed by atoms with Gasteiger partial charge in [-0.05, 0) is 53.2 Å². The van der Waals surface area contributed by atoms with Crippen LogP contribution in [0.25, 0.3) is 10.2 Å². The molecule has 0 aliphatic rings. The molecule has 0 bridgehead atoms. The Morgan fingerprint density at radius 3 is 2.21 bits per heavy atom. The van der Waals surface area contributed by atoms with Crippen LogP contribution in [0.2, 0.25) is 0 Å². The van der Waals surface area contributed by atoms with Crippen LogP contribution in [0, 0.1) is 6.92 Å². The molecule has 0 spiro atoms. The third-order valence-corrected chi connectivity index (χ3v) is 6.05. The van der Waals surface area contributed by atoms with Gasteiger partial charge in [-0.3, -0.25) is 0 Å². The molecule has 2 aromatic rings. The first-order chi connectivity index (χ1) is 15.5. The van der Waals surface area contributed by atoms with Gasteiger partial charge >= 0.3 is 27.6 Å². The Hall–Kier alpha value is -2.45. The van der Waals surface area contributed by atoms with Crippen molar-refractivity contribution in [2.75, 3.05) is 13.2 Å². The lowest BCUT2D eigenvalue weighted by Gasteiger charge is -2.28. The van der Waals surface area contributed by atoms with Gasteiger partial charge in [0.25, 0.3) is 0 Å². The number of esters is 2. The van der Waals surface area contributed by atoms with Gasteiger partial charge in [0.2, 0.25) is 5.01 Å². The number of rotatable bonds is 8.